The molecule has 1 heterocycles. The summed E-state index contributed by atoms with van der Waals surface area (Å²) in [5.74, 6) is 0.0341. The fraction of sp³-hybridized carbons (Fsp3) is 0.176. The van der Waals surface area contributed by atoms with Crippen molar-refractivity contribution < 1.29 is 4.79 Å². The van der Waals surface area contributed by atoms with Crippen LogP contribution in [-0.4, -0.2) is 17.8 Å². The lowest BCUT2D eigenvalue weighted by Gasteiger charge is -2.09. The maximum absolute atomic E-state index is 11.6. The zero-order chi connectivity index (χ0) is 14.5. The Bertz CT molecular complexity index is 633. The summed E-state index contributed by atoms with van der Waals surface area (Å²) in [6.45, 7) is 5.47. The highest BCUT2D eigenvalue weighted by Crippen LogP contribution is 2.15. The average molecular weight is 266 g/mol. The molecule has 2 aromatic rings. The Kier molecular flexibility index (Phi) is 4.31. The van der Waals surface area contributed by atoms with Crippen LogP contribution in [0.1, 0.15) is 34.2 Å². The Morgan fingerprint density at radius 3 is 2.55 bits per heavy atom. The molecule has 0 saturated carbocycles. The molecule has 3 nitrogen and oxygen atoms in total. The highest BCUT2D eigenvalue weighted by atomic mass is 16.1. The van der Waals surface area contributed by atoms with Gasteiger partial charge in [-0.3, -0.25) is 9.78 Å². The molecule has 1 aromatic carbocycles. The molecule has 0 aliphatic heterocycles. The van der Waals surface area contributed by atoms with Crippen molar-refractivity contribution in [2.45, 2.75) is 13.3 Å². The first-order chi connectivity index (χ1) is 9.60. The van der Waals surface area contributed by atoms with E-state index in [0.717, 1.165) is 5.69 Å². The van der Waals surface area contributed by atoms with Crippen LogP contribution in [0.3, 0.4) is 0 Å². The third-order valence-electron chi connectivity index (χ3n) is 3.12. The van der Waals surface area contributed by atoms with Crippen LogP contribution in [0.2, 0.25) is 0 Å². The van der Waals surface area contributed by atoms with Crippen molar-refractivity contribution in [3.8, 4) is 0 Å². The van der Waals surface area contributed by atoms with Gasteiger partial charge in [-0.15, -0.1) is 0 Å². The quantitative estimate of drug-likeness (QED) is 0.846. The van der Waals surface area contributed by atoms with Crippen molar-refractivity contribution in [3.05, 3.63) is 71.6 Å². The molecule has 0 fully saturated rings. The van der Waals surface area contributed by atoms with Crippen LogP contribution in [0.4, 0.5) is 0 Å². The summed E-state index contributed by atoms with van der Waals surface area (Å²) in [5.41, 5.74) is 4.13. The van der Waals surface area contributed by atoms with Crippen molar-refractivity contribution >= 4 is 11.5 Å². The van der Waals surface area contributed by atoms with Gasteiger partial charge in [0.15, 0.2) is 5.78 Å². The number of nitrogens with one attached hydrogen (secondary N) is 1. The molecule has 0 bridgehead atoms. The fourth-order valence-electron chi connectivity index (χ4n) is 1.97. The van der Waals surface area contributed by atoms with Crippen molar-refractivity contribution in [2.24, 2.45) is 0 Å². The van der Waals surface area contributed by atoms with Gasteiger partial charge < -0.3 is 5.32 Å². The number of nitrogens with zero attached hydrogens (tertiary/aromatic N) is 1. The number of hydrogen-bond donors (Lipinski definition) is 1. The molecule has 0 unspecified atom stereocenters. The van der Waals surface area contributed by atoms with Crippen LogP contribution in [0.5, 0.6) is 0 Å². The van der Waals surface area contributed by atoms with Crippen LogP contribution in [0.25, 0.3) is 5.70 Å². The first kappa shape index (κ1) is 14.0. The molecule has 0 aliphatic carbocycles. The zero-order valence-electron chi connectivity index (χ0n) is 11.8. The molecule has 1 N–H and O–H groups in total. The highest BCUT2D eigenvalue weighted by molar-refractivity contribution is 5.94. The lowest BCUT2D eigenvalue weighted by atomic mass is 10.0. The first-order valence-corrected chi connectivity index (χ1v) is 6.53. The van der Waals surface area contributed by atoms with Gasteiger partial charge in [0.2, 0.25) is 0 Å². The molecule has 3 heteroatoms. The van der Waals surface area contributed by atoms with Gasteiger partial charge in [0.25, 0.3) is 0 Å². The molecule has 2 rings (SSSR count). The minimum Gasteiger partial charge on any atom is -0.387 e. The zero-order valence-corrected chi connectivity index (χ0v) is 11.8. The van der Waals surface area contributed by atoms with Gasteiger partial charge in [-0.2, -0.15) is 0 Å². The van der Waals surface area contributed by atoms with Crippen LogP contribution < -0.4 is 5.32 Å². The van der Waals surface area contributed by atoms with Crippen molar-refractivity contribution in [3.63, 3.8) is 0 Å². The maximum atomic E-state index is 11.6. The van der Waals surface area contributed by atoms with Gasteiger partial charge in [0, 0.05) is 24.7 Å². The second kappa shape index (κ2) is 6.15. The van der Waals surface area contributed by atoms with E-state index in [1.54, 1.807) is 20.0 Å². The summed E-state index contributed by atoms with van der Waals surface area (Å²) in [4.78, 5) is 16.2. The Morgan fingerprint density at radius 2 is 1.95 bits per heavy atom. The monoisotopic (exact) mass is 266 g/mol. The predicted octanol–water partition coefficient (Wildman–Crippen LogP) is 3.07. The molecule has 0 amide bonds. The van der Waals surface area contributed by atoms with Gasteiger partial charge in [0.05, 0.1) is 11.4 Å². The number of carbonyl (C=O) groups is 1. The lowest BCUT2D eigenvalue weighted by molar-refractivity contribution is 0.101. The number of ketones is 1. The standard InChI is InChI=1S/C17H18N2O/c1-12(18-3)17-11-15(13(2)20)10-16(19-17)9-14-7-5-4-6-8-14/h4-8,10-11,18H,1,9H2,2-3H3. The number of aromatic nitrogens is 1. The van der Waals surface area contributed by atoms with Gasteiger partial charge >= 0.3 is 0 Å². The Morgan fingerprint density at radius 1 is 1.25 bits per heavy atom. The molecule has 0 aliphatic rings. The minimum absolute atomic E-state index is 0.0341. The number of hydrogen-bond acceptors (Lipinski definition) is 3. The van der Waals surface area contributed by atoms with E-state index in [0.29, 0.717) is 23.4 Å². The van der Waals surface area contributed by atoms with Crippen LogP contribution >= 0.6 is 0 Å². The third kappa shape index (κ3) is 3.32. The van der Waals surface area contributed by atoms with E-state index in [1.165, 1.54) is 5.56 Å². The SMILES string of the molecule is C=C(NC)c1cc(C(C)=O)cc(Cc2ccccc2)n1. The van der Waals surface area contributed by atoms with Gasteiger partial charge in [-0.25, -0.2) is 0 Å². The second-order valence-corrected chi connectivity index (χ2v) is 4.68. The number of carbonyl (C=O) groups excluding carboxylic acids is 1. The van der Waals surface area contributed by atoms with Gasteiger partial charge in [-0.05, 0) is 24.6 Å². The molecule has 1 aromatic heterocycles. The molecule has 0 radical (unpaired) electrons. The lowest BCUT2D eigenvalue weighted by Crippen LogP contribution is -2.08. The average Bonchev–Trinajstić information content (AvgIpc) is 2.47. The Hall–Kier alpha value is -2.42. The second-order valence-electron chi connectivity index (χ2n) is 4.68. The number of Topliss-reactive ketones (excluding diaryl/α,β-unsaturated/α-hetero) is 1. The largest absolute Gasteiger partial charge is 0.387 e. The van der Waals surface area contributed by atoms with E-state index in [9.17, 15) is 4.79 Å². The highest BCUT2D eigenvalue weighted by Gasteiger charge is 2.08. The van der Waals surface area contributed by atoms with Crippen LogP contribution in [0, 0.1) is 0 Å². The van der Waals surface area contributed by atoms with E-state index < -0.39 is 0 Å². The Balaban J connectivity index is 2.39. The van der Waals surface area contributed by atoms with Gasteiger partial charge in [0.1, 0.15) is 0 Å². The summed E-state index contributed by atoms with van der Waals surface area (Å²) < 4.78 is 0. The third-order valence-corrected chi connectivity index (χ3v) is 3.12. The van der Waals surface area contributed by atoms with E-state index in [4.69, 9.17) is 0 Å². The fourth-order valence-corrected chi connectivity index (χ4v) is 1.97. The summed E-state index contributed by atoms with van der Waals surface area (Å²) in [6.07, 6.45) is 0.700. The summed E-state index contributed by atoms with van der Waals surface area (Å²) in [7, 11) is 1.79. The van der Waals surface area contributed by atoms with E-state index in [-0.39, 0.29) is 5.78 Å². The summed E-state index contributed by atoms with van der Waals surface area (Å²) >= 11 is 0. The number of benzene rings is 1. The smallest absolute Gasteiger partial charge is 0.159 e. The normalized spacial score (nSPS) is 10.1. The first-order valence-electron chi connectivity index (χ1n) is 6.53. The summed E-state index contributed by atoms with van der Waals surface area (Å²) in [5, 5.41) is 2.97. The molecule has 0 atom stereocenters. The van der Waals surface area contributed by atoms with Crippen LogP contribution in [0.15, 0.2) is 49.0 Å². The maximum Gasteiger partial charge on any atom is 0.159 e. The topological polar surface area (TPSA) is 42.0 Å². The summed E-state index contributed by atoms with van der Waals surface area (Å²) in [6, 6.07) is 13.7. The molecular formula is C17H18N2O. The number of rotatable bonds is 5. The molecule has 102 valence electrons. The van der Waals surface area contributed by atoms with Gasteiger partial charge in [-0.1, -0.05) is 36.9 Å². The van der Waals surface area contributed by atoms with Crippen molar-refractivity contribution in [1.82, 2.24) is 10.3 Å². The number of pyridine rings is 1. The van der Waals surface area contributed by atoms with Crippen LogP contribution in [-0.2, 0) is 6.42 Å². The van der Waals surface area contributed by atoms with Crippen molar-refractivity contribution in [2.75, 3.05) is 7.05 Å². The minimum atomic E-state index is 0.0341. The predicted molar refractivity (Wildman–Crippen MR) is 81.6 cm³/mol. The van der Waals surface area contributed by atoms with E-state index in [2.05, 4.69) is 29.0 Å². The van der Waals surface area contributed by atoms with Crippen molar-refractivity contribution in [1.29, 1.82) is 0 Å². The van der Waals surface area contributed by atoms with E-state index >= 15 is 0 Å². The molecule has 0 saturated heterocycles. The van der Waals surface area contributed by atoms with E-state index in [1.807, 2.05) is 24.3 Å². The molecule has 0 spiro atoms. The molecule has 20 heavy (non-hydrogen) atoms. The molecular weight excluding hydrogens is 248 g/mol. The Labute approximate surface area is 119 Å².